The number of benzene rings is 1. The topological polar surface area (TPSA) is 70.9 Å². The predicted octanol–water partition coefficient (Wildman–Crippen LogP) is 4.42. The number of rotatable bonds is 4. The van der Waals surface area contributed by atoms with Crippen LogP contribution in [0.25, 0.3) is 10.4 Å². The summed E-state index contributed by atoms with van der Waals surface area (Å²) in [7, 11) is 0. The van der Waals surface area contributed by atoms with Crippen molar-refractivity contribution >= 4 is 23.0 Å². The van der Waals surface area contributed by atoms with E-state index in [-0.39, 0.29) is 0 Å². The number of aromatic nitrogens is 3. The molecule has 0 amide bonds. The van der Waals surface area contributed by atoms with Crippen molar-refractivity contribution in [3.05, 3.63) is 53.4 Å². The Morgan fingerprint density at radius 2 is 1.77 bits per heavy atom. The molecule has 0 aliphatic rings. The molecule has 1 aromatic carbocycles. The lowest BCUT2D eigenvalue weighted by atomic mass is 10.1. The van der Waals surface area contributed by atoms with Crippen LogP contribution in [0.3, 0.4) is 0 Å². The molecule has 3 rings (SSSR count). The zero-order valence-electron chi connectivity index (χ0n) is 13.9. The minimum atomic E-state index is -4.80. The lowest BCUT2D eigenvalue weighted by Gasteiger charge is -2.23. The molecule has 26 heavy (non-hydrogen) atoms. The maximum Gasteiger partial charge on any atom is 0.423 e. The SMILES string of the molecule is Cc1cc(Nc2ncccn2)cc(-c2cnc(C(C)(O)C(F)(F)F)s2)c1. The van der Waals surface area contributed by atoms with Crippen molar-refractivity contribution in [3.63, 3.8) is 0 Å². The van der Waals surface area contributed by atoms with Crippen LogP contribution in [0.2, 0.25) is 0 Å². The Bertz CT molecular complexity index is 910. The molecule has 2 heterocycles. The molecule has 0 radical (unpaired) electrons. The van der Waals surface area contributed by atoms with Crippen LogP contribution in [0, 0.1) is 6.92 Å². The smallest absolute Gasteiger partial charge is 0.375 e. The van der Waals surface area contributed by atoms with Crippen molar-refractivity contribution in [2.75, 3.05) is 5.32 Å². The van der Waals surface area contributed by atoms with Gasteiger partial charge in [-0.1, -0.05) is 6.07 Å². The Balaban J connectivity index is 1.93. The summed E-state index contributed by atoms with van der Waals surface area (Å²) in [6, 6.07) is 7.16. The van der Waals surface area contributed by atoms with E-state index in [2.05, 4.69) is 20.3 Å². The van der Waals surface area contributed by atoms with E-state index in [9.17, 15) is 18.3 Å². The van der Waals surface area contributed by atoms with Crippen LogP contribution in [0.1, 0.15) is 17.5 Å². The Labute approximate surface area is 151 Å². The standard InChI is InChI=1S/C17H15F3N4OS/c1-10-6-11(8-12(7-10)24-15-21-4-3-5-22-15)13-9-23-14(26-13)16(2,25)17(18,19)20/h3-9,25H,1-2H3,(H,21,22,24). The van der Waals surface area contributed by atoms with Crippen molar-refractivity contribution in [1.82, 2.24) is 15.0 Å². The normalized spacial score (nSPS) is 14.1. The van der Waals surface area contributed by atoms with Gasteiger partial charge in [-0.15, -0.1) is 11.3 Å². The number of hydrogen-bond acceptors (Lipinski definition) is 6. The number of anilines is 2. The Morgan fingerprint density at radius 1 is 1.08 bits per heavy atom. The number of aryl methyl sites for hydroxylation is 1. The second-order valence-electron chi connectivity index (χ2n) is 5.88. The van der Waals surface area contributed by atoms with Crippen LogP contribution < -0.4 is 5.32 Å². The molecule has 9 heteroatoms. The van der Waals surface area contributed by atoms with Gasteiger partial charge in [0.1, 0.15) is 5.01 Å². The molecule has 1 atom stereocenters. The molecule has 136 valence electrons. The quantitative estimate of drug-likeness (QED) is 0.701. The Morgan fingerprint density at radius 3 is 2.42 bits per heavy atom. The van der Waals surface area contributed by atoms with Crippen molar-refractivity contribution in [2.45, 2.75) is 25.6 Å². The lowest BCUT2D eigenvalue weighted by molar-refractivity contribution is -0.258. The van der Waals surface area contributed by atoms with Crippen LogP contribution >= 0.6 is 11.3 Å². The summed E-state index contributed by atoms with van der Waals surface area (Å²) in [5, 5.41) is 12.4. The molecule has 2 aromatic heterocycles. The average molecular weight is 380 g/mol. The summed E-state index contributed by atoms with van der Waals surface area (Å²) < 4.78 is 39.0. The van der Waals surface area contributed by atoms with E-state index >= 15 is 0 Å². The second kappa shape index (κ2) is 6.65. The molecular formula is C17H15F3N4OS. The number of nitrogens with zero attached hydrogens (tertiary/aromatic N) is 3. The Hall–Kier alpha value is -2.52. The van der Waals surface area contributed by atoms with E-state index in [0.29, 0.717) is 29.0 Å². The highest BCUT2D eigenvalue weighted by Crippen LogP contribution is 2.42. The van der Waals surface area contributed by atoms with Crippen molar-refractivity contribution < 1.29 is 18.3 Å². The van der Waals surface area contributed by atoms with Gasteiger partial charge in [-0.2, -0.15) is 13.2 Å². The molecule has 2 N–H and O–H groups in total. The summed E-state index contributed by atoms with van der Waals surface area (Å²) in [6.45, 7) is 2.57. The minimum Gasteiger partial charge on any atom is -0.375 e. The van der Waals surface area contributed by atoms with Gasteiger partial charge in [0.25, 0.3) is 0 Å². The van der Waals surface area contributed by atoms with Crippen LogP contribution in [0.4, 0.5) is 24.8 Å². The van der Waals surface area contributed by atoms with Crippen molar-refractivity contribution in [2.24, 2.45) is 0 Å². The third kappa shape index (κ3) is 3.68. The zero-order chi connectivity index (χ0) is 18.9. The van der Waals surface area contributed by atoms with E-state index in [4.69, 9.17) is 0 Å². The first-order chi connectivity index (χ1) is 12.2. The number of aliphatic hydroxyl groups is 1. The molecule has 3 aromatic rings. The highest BCUT2D eigenvalue weighted by Gasteiger charge is 2.53. The number of nitrogens with one attached hydrogen (secondary N) is 1. The van der Waals surface area contributed by atoms with Crippen molar-refractivity contribution in [1.29, 1.82) is 0 Å². The highest BCUT2D eigenvalue weighted by molar-refractivity contribution is 7.15. The second-order valence-corrected chi connectivity index (χ2v) is 6.92. The first-order valence-corrected chi connectivity index (χ1v) is 8.40. The molecular weight excluding hydrogens is 365 g/mol. The third-order valence-corrected chi connectivity index (χ3v) is 4.92. The summed E-state index contributed by atoms with van der Waals surface area (Å²) >= 11 is 0.803. The fraction of sp³-hybridized carbons (Fsp3) is 0.235. The van der Waals surface area contributed by atoms with Crippen LogP contribution in [0.15, 0.2) is 42.9 Å². The van der Waals surface area contributed by atoms with Gasteiger partial charge < -0.3 is 10.4 Å². The first-order valence-electron chi connectivity index (χ1n) is 7.58. The van der Waals surface area contributed by atoms with Crippen LogP contribution in [-0.2, 0) is 5.60 Å². The lowest BCUT2D eigenvalue weighted by Crippen LogP contribution is -2.39. The predicted molar refractivity (Wildman–Crippen MR) is 93.2 cm³/mol. The van der Waals surface area contributed by atoms with Gasteiger partial charge >= 0.3 is 6.18 Å². The third-order valence-electron chi connectivity index (χ3n) is 3.66. The molecule has 0 saturated heterocycles. The number of halogens is 3. The monoisotopic (exact) mass is 380 g/mol. The fourth-order valence-corrected chi connectivity index (χ4v) is 3.21. The van der Waals surface area contributed by atoms with Crippen LogP contribution in [0.5, 0.6) is 0 Å². The number of alkyl halides is 3. The van der Waals surface area contributed by atoms with E-state index < -0.39 is 16.8 Å². The van der Waals surface area contributed by atoms with Gasteiger partial charge in [0.15, 0.2) is 0 Å². The molecule has 5 nitrogen and oxygen atoms in total. The van der Waals surface area contributed by atoms with E-state index in [1.807, 2.05) is 19.1 Å². The average Bonchev–Trinajstić information content (AvgIpc) is 3.05. The van der Waals surface area contributed by atoms with Crippen molar-refractivity contribution in [3.8, 4) is 10.4 Å². The van der Waals surface area contributed by atoms with Gasteiger partial charge in [0.2, 0.25) is 11.5 Å². The molecule has 0 bridgehead atoms. The molecule has 0 fully saturated rings. The summed E-state index contributed by atoms with van der Waals surface area (Å²) in [5.74, 6) is 0.411. The molecule has 0 saturated carbocycles. The molecule has 0 aliphatic heterocycles. The van der Waals surface area contributed by atoms with E-state index in [1.165, 1.54) is 6.20 Å². The number of hydrogen-bond donors (Lipinski definition) is 2. The maximum atomic E-state index is 13.0. The van der Waals surface area contributed by atoms with Crippen LogP contribution in [-0.4, -0.2) is 26.2 Å². The minimum absolute atomic E-state index is 0.401. The van der Waals surface area contributed by atoms with E-state index in [1.54, 1.807) is 24.5 Å². The van der Waals surface area contributed by atoms with Gasteiger partial charge in [-0.25, -0.2) is 15.0 Å². The fourth-order valence-electron chi connectivity index (χ4n) is 2.24. The van der Waals surface area contributed by atoms with Gasteiger partial charge in [-0.05, 0) is 43.2 Å². The van der Waals surface area contributed by atoms with Gasteiger partial charge in [-0.3, -0.25) is 0 Å². The number of thiazole rings is 1. The highest BCUT2D eigenvalue weighted by atomic mass is 32.1. The first kappa shape index (κ1) is 18.3. The van der Waals surface area contributed by atoms with E-state index in [0.717, 1.165) is 16.9 Å². The van der Waals surface area contributed by atoms with Gasteiger partial charge in [0.05, 0.1) is 4.88 Å². The molecule has 0 spiro atoms. The largest absolute Gasteiger partial charge is 0.423 e. The summed E-state index contributed by atoms with van der Waals surface area (Å²) in [4.78, 5) is 12.5. The summed E-state index contributed by atoms with van der Waals surface area (Å²) in [5.41, 5.74) is -0.703. The Kier molecular flexibility index (Phi) is 4.68. The zero-order valence-corrected chi connectivity index (χ0v) is 14.7. The summed E-state index contributed by atoms with van der Waals surface area (Å²) in [6.07, 6.45) is -0.272. The van der Waals surface area contributed by atoms with Gasteiger partial charge in [0, 0.05) is 24.3 Å². The molecule has 0 aliphatic carbocycles. The maximum absolute atomic E-state index is 13.0. The molecule has 1 unspecified atom stereocenters.